The zero-order valence-corrected chi connectivity index (χ0v) is 20.7. The normalized spacial score (nSPS) is 12.5. The van der Waals surface area contributed by atoms with Crippen LogP contribution in [0.3, 0.4) is 0 Å². The molecule has 0 saturated carbocycles. The Labute approximate surface area is 195 Å². The summed E-state index contributed by atoms with van der Waals surface area (Å²) in [5.74, 6) is 0. The quantitative estimate of drug-likeness (QED) is 0.243. The predicted molar refractivity (Wildman–Crippen MR) is 144 cm³/mol. The molecular formula is C30H39OP. The molecule has 0 radical (unpaired) electrons. The molecule has 1 atom stereocenters. The minimum atomic E-state index is -2.10. The molecule has 1 unspecified atom stereocenters. The first kappa shape index (κ1) is 24.6. The first-order valence-electron chi connectivity index (χ1n) is 12.3. The second-order valence-corrected chi connectivity index (χ2v) is 12.3. The fourth-order valence-electron chi connectivity index (χ4n) is 4.74. The van der Waals surface area contributed by atoms with Crippen LogP contribution in [0.15, 0.2) is 91.0 Å². The zero-order valence-electron chi connectivity index (χ0n) is 19.8. The largest absolute Gasteiger partial charge is 0.389 e. The number of hydrogen-bond donors (Lipinski definition) is 1. The molecule has 0 bridgehead atoms. The van der Waals surface area contributed by atoms with Gasteiger partial charge in [-0.15, -0.1) is 0 Å². The molecule has 1 N–H and O–H groups in total. The molecule has 3 rings (SSSR count). The number of rotatable bonds is 12. The lowest BCUT2D eigenvalue weighted by atomic mass is 10.1. The van der Waals surface area contributed by atoms with Gasteiger partial charge in [0.15, 0.2) is 0 Å². The van der Waals surface area contributed by atoms with Crippen molar-refractivity contribution in [2.24, 2.45) is 0 Å². The summed E-state index contributed by atoms with van der Waals surface area (Å²) in [5.41, 5.74) is 0. The Hall–Kier alpha value is -2.08. The van der Waals surface area contributed by atoms with E-state index in [9.17, 15) is 5.11 Å². The van der Waals surface area contributed by atoms with E-state index >= 15 is 0 Å². The van der Waals surface area contributed by atoms with Crippen molar-refractivity contribution in [1.82, 2.24) is 0 Å². The highest BCUT2D eigenvalue weighted by atomic mass is 31.2. The molecule has 170 valence electrons. The summed E-state index contributed by atoms with van der Waals surface area (Å²) in [6, 6.07) is 32.5. The molecular weight excluding hydrogens is 407 g/mol. The first-order chi connectivity index (χ1) is 15.7. The first-order valence-corrected chi connectivity index (χ1v) is 14.1. The van der Waals surface area contributed by atoms with E-state index < -0.39 is 13.0 Å². The lowest BCUT2D eigenvalue weighted by Crippen LogP contribution is -2.34. The van der Waals surface area contributed by atoms with Crippen LogP contribution in [-0.2, 0) is 0 Å². The third-order valence-corrected chi connectivity index (χ3v) is 11.1. The molecule has 0 heterocycles. The summed E-state index contributed by atoms with van der Waals surface area (Å²) in [6.45, 7) is 2.36. The van der Waals surface area contributed by atoms with Gasteiger partial charge in [0.2, 0.25) is 0 Å². The lowest BCUT2D eigenvalue weighted by molar-refractivity contribution is 0.227. The standard InChI is InChI=1S/C30H39OP/c1-3-4-5-6-7-8-18-25-30(31)26(2)32(27-19-12-9-13-20-27,28-21-14-10-15-22-28)29-23-16-11-17-24-29/h9-17,19-24,30-31H,3-8,18,25H2,1-2H3. The fraction of sp³-hybridized carbons (Fsp3) is 0.367. The van der Waals surface area contributed by atoms with Crippen LogP contribution in [0.4, 0.5) is 0 Å². The van der Waals surface area contributed by atoms with Crippen LogP contribution in [-0.4, -0.2) is 16.5 Å². The van der Waals surface area contributed by atoms with Crippen molar-refractivity contribution in [2.75, 3.05) is 0 Å². The summed E-state index contributed by atoms with van der Waals surface area (Å²) >= 11 is 0. The van der Waals surface area contributed by atoms with Crippen molar-refractivity contribution < 1.29 is 5.11 Å². The molecule has 0 aliphatic rings. The summed E-state index contributed by atoms with van der Waals surface area (Å²) < 4.78 is 0. The van der Waals surface area contributed by atoms with Gasteiger partial charge in [0, 0.05) is 0 Å². The number of aliphatic hydroxyl groups excluding tert-OH is 1. The second kappa shape index (κ2) is 12.8. The maximum Gasteiger partial charge on any atom is 0.0760 e. The Morgan fingerprint density at radius 3 is 1.41 bits per heavy atom. The van der Waals surface area contributed by atoms with Gasteiger partial charge in [-0.05, 0) is 41.4 Å². The lowest BCUT2D eigenvalue weighted by Gasteiger charge is -2.33. The third-order valence-electron chi connectivity index (χ3n) is 6.52. The molecule has 3 aromatic carbocycles. The van der Waals surface area contributed by atoms with E-state index in [1.54, 1.807) is 0 Å². The summed E-state index contributed by atoms with van der Waals surface area (Å²) in [5, 5.41) is 16.6. The van der Waals surface area contributed by atoms with Gasteiger partial charge in [0.1, 0.15) is 0 Å². The molecule has 0 aliphatic heterocycles. The van der Waals surface area contributed by atoms with Gasteiger partial charge in [0.25, 0.3) is 0 Å². The Morgan fingerprint density at radius 1 is 0.625 bits per heavy atom. The molecule has 0 amide bonds. The van der Waals surface area contributed by atoms with Crippen molar-refractivity contribution in [3.05, 3.63) is 91.0 Å². The molecule has 0 fully saturated rings. The number of benzene rings is 3. The summed E-state index contributed by atoms with van der Waals surface area (Å²) in [4.78, 5) is 0. The average Bonchev–Trinajstić information content (AvgIpc) is 2.86. The average molecular weight is 447 g/mol. The SMILES string of the molecule is CCCCCCCCCC(O)C(C)=P(c1ccccc1)(c1ccccc1)c1ccccc1. The van der Waals surface area contributed by atoms with Crippen molar-refractivity contribution in [3.63, 3.8) is 0 Å². The van der Waals surface area contributed by atoms with Gasteiger partial charge >= 0.3 is 0 Å². The van der Waals surface area contributed by atoms with E-state index in [2.05, 4.69) is 105 Å². The number of unbranched alkanes of at least 4 members (excludes halogenated alkanes) is 6. The maximum absolute atomic E-state index is 11.5. The highest BCUT2D eigenvalue weighted by Crippen LogP contribution is 2.47. The highest BCUT2D eigenvalue weighted by Gasteiger charge is 2.30. The fourth-order valence-corrected chi connectivity index (χ4v) is 9.29. The van der Waals surface area contributed by atoms with Gasteiger partial charge in [-0.25, -0.2) is 0 Å². The van der Waals surface area contributed by atoms with E-state index in [1.807, 2.05) is 0 Å². The monoisotopic (exact) mass is 446 g/mol. The molecule has 2 heteroatoms. The molecule has 32 heavy (non-hydrogen) atoms. The molecule has 3 aromatic rings. The van der Waals surface area contributed by atoms with Crippen LogP contribution in [0, 0.1) is 0 Å². The maximum atomic E-state index is 11.5. The Balaban J connectivity index is 2.01. The number of hydrogen-bond acceptors (Lipinski definition) is 1. The minimum absolute atomic E-state index is 0.403. The van der Waals surface area contributed by atoms with Crippen molar-refractivity contribution in [2.45, 2.75) is 71.3 Å². The van der Waals surface area contributed by atoms with Crippen LogP contribution in [0.25, 0.3) is 0 Å². The van der Waals surface area contributed by atoms with Gasteiger partial charge in [0.05, 0.1) is 6.10 Å². The van der Waals surface area contributed by atoms with Crippen LogP contribution < -0.4 is 15.9 Å². The van der Waals surface area contributed by atoms with Crippen LogP contribution in [0.1, 0.15) is 65.2 Å². The minimum Gasteiger partial charge on any atom is -0.389 e. The zero-order chi connectivity index (χ0) is 22.7. The smallest absolute Gasteiger partial charge is 0.0760 e. The Morgan fingerprint density at radius 2 is 1.00 bits per heavy atom. The summed E-state index contributed by atoms with van der Waals surface area (Å²) in [6.07, 6.45) is 9.31. The predicted octanol–water partition coefficient (Wildman–Crippen LogP) is 6.67. The van der Waals surface area contributed by atoms with Gasteiger partial charge in [-0.3, -0.25) is 0 Å². The van der Waals surface area contributed by atoms with Crippen LogP contribution in [0.5, 0.6) is 0 Å². The molecule has 0 aliphatic carbocycles. The third kappa shape index (κ3) is 5.83. The van der Waals surface area contributed by atoms with Crippen molar-refractivity contribution in [1.29, 1.82) is 0 Å². The van der Waals surface area contributed by atoms with E-state index in [0.29, 0.717) is 0 Å². The number of aliphatic hydroxyl groups is 1. The topological polar surface area (TPSA) is 20.2 Å². The van der Waals surface area contributed by atoms with Crippen LogP contribution >= 0.6 is 6.89 Å². The van der Waals surface area contributed by atoms with Crippen molar-refractivity contribution in [3.8, 4) is 0 Å². The van der Waals surface area contributed by atoms with Gasteiger partial charge in [-0.2, -0.15) is 0 Å². The van der Waals surface area contributed by atoms with E-state index in [-0.39, 0.29) is 0 Å². The summed E-state index contributed by atoms with van der Waals surface area (Å²) in [7, 11) is 0. The van der Waals surface area contributed by atoms with E-state index in [1.165, 1.54) is 59.7 Å². The molecule has 0 saturated heterocycles. The van der Waals surface area contributed by atoms with E-state index in [4.69, 9.17) is 0 Å². The second-order valence-electron chi connectivity index (χ2n) is 8.74. The highest BCUT2D eigenvalue weighted by molar-refractivity contribution is 7.95. The molecule has 0 aromatic heterocycles. The van der Waals surface area contributed by atoms with Gasteiger partial charge < -0.3 is 5.11 Å². The molecule has 1 nitrogen and oxygen atoms in total. The van der Waals surface area contributed by atoms with Crippen LogP contribution in [0.2, 0.25) is 0 Å². The van der Waals surface area contributed by atoms with Gasteiger partial charge in [-0.1, -0.05) is 143 Å². The molecule has 0 spiro atoms. The Kier molecular flexibility index (Phi) is 9.85. The van der Waals surface area contributed by atoms with Crippen molar-refractivity contribution >= 4 is 28.1 Å². The van der Waals surface area contributed by atoms with E-state index in [0.717, 1.165) is 12.8 Å². The Bertz CT molecular complexity index is 860.